The maximum absolute atomic E-state index is 13.3. The fourth-order valence-electron chi connectivity index (χ4n) is 3.32. The molecule has 0 N–H and O–H groups in total. The summed E-state index contributed by atoms with van der Waals surface area (Å²) in [6.07, 6.45) is 2.01. The molecule has 2 saturated heterocycles. The number of ether oxygens (including phenoxy) is 1. The van der Waals surface area contributed by atoms with Crippen LogP contribution in [0.15, 0.2) is 18.2 Å². The van der Waals surface area contributed by atoms with E-state index < -0.39 is 11.6 Å². The second-order valence-electron chi connectivity index (χ2n) is 6.55. The summed E-state index contributed by atoms with van der Waals surface area (Å²) in [5, 5.41) is 0. The van der Waals surface area contributed by atoms with Gasteiger partial charge in [0.15, 0.2) is 11.6 Å². The number of piperidine rings is 1. The number of nitrogens with zero attached hydrogens (tertiary/aromatic N) is 2. The van der Waals surface area contributed by atoms with E-state index in [-0.39, 0.29) is 11.5 Å². The lowest BCUT2D eigenvalue weighted by Crippen LogP contribution is -2.46. The van der Waals surface area contributed by atoms with Crippen LogP contribution >= 0.6 is 0 Å². The fraction of sp³-hybridized carbons (Fsp3) is 0.588. The number of hydrogen-bond donors (Lipinski definition) is 0. The van der Waals surface area contributed by atoms with Crippen LogP contribution in [0.25, 0.3) is 0 Å². The van der Waals surface area contributed by atoms with E-state index in [0.717, 1.165) is 31.5 Å². The minimum atomic E-state index is -0.819. The van der Waals surface area contributed by atoms with Gasteiger partial charge < -0.3 is 9.64 Å². The minimum absolute atomic E-state index is 0.136. The number of likely N-dealkylation sites (tertiary alicyclic amines) is 1. The van der Waals surface area contributed by atoms with Gasteiger partial charge in [0.25, 0.3) is 0 Å². The van der Waals surface area contributed by atoms with Crippen LogP contribution < -0.4 is 0 Å². The average molecular weight is 324 g/mol. The molecule has 1 spiro atoms. The first kappa shape index (κ1) is 16.3. The van der Waals surface area contributed by atoms with E-state index >= 15 is 0 Å². The summed E-state index contributed by atoms with van der Waals surface area (Å²) in [5.41, 5.74) is 0.407. The van der Waals surface area contributed by atoms with Crippen LogP contribution in [-0.4, -0.2) is 54.6 Å². The molecule has 0 aliphatic carbocycles. The lowest BCUT2D eigenvalue weighted by atomic mass is 9.87. The maximum Gasteiger partial charge on any atom is 0.225 e. The van der Waals surface area contributed by atoms with Crippen molar-refractivity contribution in [3.63, 3.8) is 0 Å². The third-order valence-electron chi connectivity index (χ3n) is 4.89. The van der Waals surface area contributed by atoms with Crippen LogP contribution in [-0.2, 0) is 16.1 Å². The normalized spacial score (nSPS) is 22.4. The molecular formula is C17H22F2N2O2. The highest BCUT2D eigenvalue weighted by atomic mass is 19.2. The topological polar surface area (TPSA) is 32.8 Å². The summed E-state index contributed by atoms with van der Waals surface area (Å²) < 4.78 is 32.3. The van der Waals surface area contributed by atoms with Gasteiger partial charge >= 0.3 is 0 Å². The Balaban J connectivity index is 1.59. The van der Waals surface area contributed by atoms with Gasteiger partial charge in [-0.25, -0.2) is 8.78 Å². The van der Waals surface area contributed by atoms with Crippen molar-refractivity contribution in [2.24, 2.45) is 0 Å². The Bertz CT molecular complexity index is 586. The highest BCUT2D eigenvalue weighted by Crippen LogP contribution is 2.32. The van der Waals surface area contributed by atoms with E-state index in [1.165, 1.54) is 12.1 Å². The molecule has 4 nitrogen and oxygen atoms in total. The van der Waals surface area contributed by atoms with Crippen LogP contribution in [0.4, 0.5) is 8.78 Å². The SMILES string of the molecule is CN1CCOC2(CCN(Cc3ccc(F)c(F)c3)CC2)CC1=O. The zero-order chi connectivity index (χ0) is 16.4. The molecule has 2 aliphatic rings. The van der Waals surface area contributed by atoms with Gasteiger partial charge in [0.05, 0.1) is 18.6 Å². The Morgan fingerprint density at radius 2 is 1.91 bits per heavy atom. The summed E-state index contributed by atoms with van der Waals surface area (Å²) in [5.74, 6) is -1.49. The Kier molecular flexibility index (Phi) is 4.64. The van der Waals surface area contributed by atoms with Crippen LogP contribution in [0.3, 0.4) is 0 Å². The van der Waals surface area contributed by atoms with Crippen molar-refractivity contribution in [3.05, 3.63) is 35.4 Å². The van der Waals surface area contributed by atoms with Crippen molar-refractivity contribution in [3.8, 4) is 0 Å². The minimum Gasteiger partial charge on any atom is -0.373 e. The first-order valence-corrected chi connectivity index (χ1v) is 8.02. The van der Waals surface area contributed by atoms with Gasteiger partial charge in [-0.2, -0.15) is 0 Å². The molecule has 0 aromatic heterocycles. The molecule has 126 valence electrons. The standard InChI is InChI=1S/C17H22F2N2O2/c1-20-8-9-23-17(11-16(20)22)4-6-21(7-5-17)12-13-2-3-14(18)15(19)10-13/h2-3,10H,4-9,11-12H2,1H3. The largest absolute Gasteiger partial charge is 0.373 e. The van der Waals surface area contributed by atoms with Crippen molar-refractivity contribution in [1.29, 1.82) is 0 Å². The Hall–Kier alpha value is -1.53. The molecule has 0 bridgehead atoms. The molecular weight excluding hydrogens is 302 g/mol. The highest BCUT2D eigenvalue weighted by Gasteiger charge is 2.39. The summed E-state index contributed by atoms with van der Waals surface area (Å²) in [4.78, 5) is 16.0. The monoisotopic (exact) mass is 324 g/mol. The molecule has 2 fully saturated rings. The summed E-state index contributed by atoms with van der Waals surface area (Å²) in [7, 11) is 1.81. The van der Waals surface area contributed by atoms with Gasteiger partial charge in [0, 0.05) is 33.2 Å². The number of carbonyl (C=O) groups is 1. The van der Waals surface area contributed by atoms with Crippen LogP contribution in [0.1, 0.15) is 24.8 Å². The molecule has 1 aromatic carbocycles. The molecule has 0 unspecified atom stereocenters. The van der Waals surface area contributed by atoms with E-state index in [1.54, 1.807) is 11.0 Å². The molecule has 0 atom stereocenters. The van der Waals surface area contributed by atoms with Gasteiger partial charge in [0.2, 0.25) is 5.91 Å². The van der Waals surface area contributed by atoms with Crippen LogP contribution in [0.5, 0.6) is 0 Å². The third-order valence-corrected chi connectivity index (χ3v) is 4.89. The number of carbonyl (C=O) groups excluding carboxylic acids is 1. The van der Waals surface area contributed by atoms with Gasteiger partial charge in [-0.1, -0.05) is 6.07 Å². The van der Waals surface area contributed by atoms with Crippen LogP contribution in [0, 0.1) is 11.6 Å². The second kappa shape index (κ2) is 6.53. The predicted octanol–water partition coefficient (Wildman–Crippen LogP) is 2.18. The average Bonchev–Trinajstić information content (AvgIpc) is 2.65. The molecule has 0 radical (unpaired) electrons. The van der Waals surface area contributed by atoms with Gasteiger partial charge in [0.1, 0.15) is 0 Å². The molecule has 6 heteroatoms. The smallest absolute Gasteiger partial charge is 0.225 e. The number of benzene rings is 1. The second-order valence-corrected chi connectivity index (χ2v) is 6.55. The summed E-state index contributed by atoms with van der Waals surface area (Å²) in [6, 6.07) is 4.03. The van der Waals surface area contributed by atoms with E-state index in [9.17, 15) is 13.6 Å². The third kappa shape index (κ3) is 3.70. The van der Waals surface area contributed by atoms with Crippen LogP contribution in [0.2, 0.25) is 0 Å². The van der Waals surface area contributed by atoms with Gasteiger partial charge in [-0.05, 0) is 30.5 Å². The molecule has 1 amide bonds. The molecule has 2 heterocycles. The Morgan fingerprint density at radius 3 is 2.61 bits per heavy atom. The summed E-state index contributed by atoms with van der Waals surface area (Å²) in [6.45, 7) is 3.37. The van der Waals surface area contributed by atoms with Gasteiger partial charge in [-0.3, -0.25) is 9.69 Å². The van der Waals surface area contributed by atoms with Crippen molar-refractivity contribution in [2.75, 3.05) is 33.3 Å². The van der Waals surface area contributed by atoms with E-state index in [4.69, 9.17) is 4.74 Å². The predicted molar refractivity (Wildman–Crippen MR) is 81.8 cm³/mol. The van der Waals surface area contributed by atoms with Crippen molar-refractivity contribution >= 4 is 5.91 Å². The molecule has 23 heavy (non-hydrogen) atoms. The van der Waals surface area contributed by atoms with Crippen molar-refractivity contribution in [2.45, 2.75) is 31.4 Å². The van der Waals surface area contributed by atoms with Gasteiger partial charge in [-0.15, -0.1) is 0 Å². The maximum atomic E-state index is 13.3. The lowest BCUT2D eigenvalue weighted by Gasteiger charge is -2.40. The summed E-state index contributed by atoms with van der Waals surface area (Å²) >= 11 is 0. The molecule has 1 aromatic rings. The first-order valence-electron chi connectivity index (χ1n) is 8.02. The zero-order valence-corrected chi connectivity index (χ0v) is 13.4. The van der Waals surface area contributed by atoms with Crippen molar-refractivity contribution < 1.29 is 18.3 Å². The number of rotatable bonds is 2. The Morgan fingerprint density at radius 1 is 1.17 bits per heavy atom. The van der Waals surface area contributed by atoms with E-state index in [0.29, 0.717) is 26.1 Å². The molecule has 2 aliphatic heterocycles. The lowest BCUT2D eigenvalue weighted by molar-refractivity contribution is -0.134. The molecule has 0 saturated carbocycles. The number of halogens is 2. The number of amides is 1. The first-order chi connectivity index (χ1) is 11.0. The molecule has 3 rings (SSSR count). The zero-order valence-electron chi connectivity index (χ0n) is 13.4. The van der Waals surface area contributed by atoms with Crippen molar-refractivity contribution in [1.82, 2.24) is 9.80 Å². The Labute approximate surface area is 135 Å². The van der Waals surface area contributed by atoms with E-state index in [2.05, 4.69) is 4.90 Å². The quantitative estimate of drug-likeness (QED) is 0.836. The number of hydrogen-bond acceptors (Lipinski definition) is 3. The number of likely N-dealkylation sites (N-methyl/N-ethyl adjacent to an activating group) is 1. The van der Waals surface area contributed by atoms with E-state index in [1.807, 2.05) is 7.05 Å². The highest BCUT2D eigenvalue weighted by molar-refractivity contribution is 5.77. The fourth-order valence-corrected chi connectivity index (χ4v) is 3.32.